The van der Waals surface area contributed by atoms with Crippen molar-refractivity contribution >= 4 is 17.3 Å². The molecule has 0 aliphatic carbocycles. The molecular formula is C11H15N3O4. The molecule has 1 atom stereocenters. The van der Waals surface area contributed by atoms with Crippen LogP contribution in [0.1, 0.15) is 23.7 Å². The Morgan fingerprint density at radius 2 is 2.28 bits per heavy atom. The van der Waals surface area contributed by atoms with Crippen molar-refractivity contribution in [2.24, 2.45) is 5.73 Å². The molecule has 0 saturated heterocycles. The SMILES string of the molecule is CC(CCO)Nc1cc(C(N)=O)ccc1[N+](=O)[O-]. The highest BCUT2D eigenvalue weighted by molar-refractivity contribution is 5.94. The minimum atomic E-state index is -0.650. The number of nitro groups is 1. The number of nitrogens with two attached hydrogens (primary N) is 1. The predicted octanol–water partition coefficient (Wildman–Crippen LogP) is 0.876. The van der Waals surface area contributed by atoms with Crippen molar-refractivity contribution in [2.45, 2.75) is 19.4 Å². The van der Waals surface area contributed by atoms with Crippen LogP contribution in [0.5, 0.6) is 0 Å². The fourth-order valence-corrected chi connectivity index (χ4v) is 1.50. The summed E-state index contributed by atoms with van der Waals surface area (Å²) < 4.78 is 0. The molecule has 0 heterocycles. The Kier molecular flexibility index (Phi) is 4.61. The number of aliphatic hydroxyl groups is 1. The normalized spacial score (nSPS) is 11.9. The van der Waals surface area contributed by atoms with E-state index < -0.39 is 10.8 Å². The van der Waals surface area contributed by atoms with Crippen LogP contribution in [0.4, 0.5) is 11.4 Å². The second-order valence-electron chi connectivity index (χ2n) is 3.91. The third-order valence-corrected chi connectivity index (χ3v) is 2.44. The summed E-state index contributed by atoms with van der Waals surface area (Å²) in [6.07, 6.45) is 0.442. The molecule has 0 aliphatic heterocycles. The number of anilines is 1. The average molecular weight is 253 g/mol. The Balaban J connectivity index is 3.07. The van der Waals surface area contributed by atoms with Crippen LogP contribution in [0.25, 0.3) is 0 Å². The molecule has 1 rings (SSSR count). The molecule has 0 saturated carbocycles. The van der Waals surface area contributed by atoms with Crippen molar-refractivity contribution in [1.82, 2.24) is 0 Å². The molecule has 18 heavy (non-hydrogen) atoms. The lowest BCUT2D eigenvalue weighted by atomic mass is 10.1. The molecule has 0 aliphatic rings. The van der Waals surface area contributed by atoms with Crippen molar-refractivity contribution in [1.29, 1.82) is 0 Å². The molecule has 4 N–H and O–H groups in total. The number of benzene rings is 1. The Morgan fingerprint density at radius 3 is 2.78 bits per heavy atom. The summed E-state index contributed by atoms with van der Waals surface area (Å²) in [7, 11) is 0. The second kappa shape index (κ2) is 5.97. The van der Waals surface area contributed by atoms with Gasteiger partial charge in [-0.1, -0.05) is 0 Å². The van der Waals surface area contributed by atoms with Gasteiger partial charge >= 0.3 is 0 Å². The molecule has 1 aromatic carbocycles. The van der Waals surface area contributed by atoms with Crippen LogP contribution in [0.15, 0.2) is 18.2 Å². The highest BCUT2D eigenvalue weighted by atomic mass is 16.6. The van der Waals surface area contributed by atoms with Crippen LogP contribution in [0, 0.1) is 10.1 Å². The monoisotopic (exact) mass is 253 g/mol. The minimum absolute atomic E-state index is 0.0303. The quantitative estimate of drug-likeness (QED) is 0.513. The van der Waals surface area contributed by atoms with Gasteiger partial charge in [0.25, 0.3) is 5.69 Å². The van der Waals surface area contributed by atoms with Crippen LogP contribution in [-0.4, -0.2) is 28.6 Å². The van der Waals surface area contributed by atoms with Gasteiger partial charge in [-0.05, 0) is 25.5 Å². The van der Waals surface area contributed by atoms with Gasteiger partial charge in [0.2, 0.25) is 5.91 Å². The van der Waals surface area contributed by atoms with Gasteiger partial charge in [-0.15, -0.1) is 0 Å². The first-order valence-corrected chi connectivity index (χ1v) is 5.41. The van der Waals surface area contributed by atoms with E-state index in [1.165, 1.54) is 18.2 Å². The maximum Gasteiger partial charge on any atom is 0.292 e. The summed E-state index contributed by atoms with van der Waals surface area (Å²) in [5, 5.41) is 22.5. The zero-order chi connectivity index (χ0) is 13.7. The minimum Gasteiger partial charge on any atom is -0.396 e. The van der Waals surface area contributed by atoms with E-state index in [4.69, 9.17) is 10.8 Å². The predicted molar refractivity (Wildman–Crippen MR) is 66.4 cm³/mol. The van der Waals surface area contributed by atoms with Gasteiger partial charge < -0.3 is 16.2 Å². The number of amides is 1. The third kappa shape index (κ3) is 3.42. The van der Waals surface area contributed by atoms with Gasteiger partial charge in [-0.25, -0.2) is 0 Å². The van der Waals surface area contributed by atoms with Crippen molar-refractivity contribution < 1.29 is 14.8 Å². The Morgan fingerprint density at radius 1 is 1.61 bits per heavy atom. The van der Waals surface area contributed by atoms with Crippen molar-refractivity contribution in [2.75, 3.05) is 11.9 Å². The largest absolute Gasteiger partial charge is 0.396 e. The van der Waals surface area contributed by atoms with Crippen molar-refractivity contribution in [3.05, 3.63) is 33.9 Å². The van der Waals surface area contributed by atoms with Gasteiger partial charge in [0.05, 0.1) is 4.92 Å². The lowest BCUT2D eigenvalue weighted by Gasteiger charge is -2.14. The number of nitrogens with zero attached hydrogens (tertiary/aromatic N) is 1. The van der Waals surface area contributed by atoms with Crippen molar-refractivity contribution in [3.63, 3.8) is 0 Å². The number of rotatable bonds is 6. The van der Waals surface area contributed by atoms with E-state index in [9.17, 15) is 14.9 Å². The maximum absolute atomic E-state index is 11.0. The molecule has 0 fully saturated rings. The van der Waals surface area contributed by atoms with Crippen LogP contribution in [0.2, 0.25) is 0 Å². The standard InChI is InChI=1S/C11H15N3O4/c1-7(4-5-15)13-9-6-8(11(12)16)2-3-10(9)14(17)18/h2-3,6-7,13,15H,4-5H2,1H3,(H2,12,16). The van der Waals surface area contributed by atoms with Gasteiger partial charge in [-0.3, -0.25) is 14.9 Å². The number of primary amides is 1. The molecular weight excluding hydrogens is 238 g/mol. The van der Waals surface area contributed by atoms with E-state index in [0.717, 1.165) is 0 Å². The maximum atomic E-state index is 11.0. The van der Waals surface area contributed by atoms with Crippen LogP contribution >= 0.6 is 0 Å². The summed E-state index contributed by atoms with van der Waals surface area (Å²) >= 11 is 0. The lowest BCUT2D eigenvalue weighted by molar-refractivity contribution is -0.384. The summed E-state index contributed by atoms with van der Waals surface area (Å²) in [5.41, 5.74) is 5.40. The highest BCUT2D eigenvalue weighted by Gasteiger charge is 2.17. The van der Waals surface area contributed by atoms with Gasteiger partial charge in [0.15, 0.2) is 0 Å². The summed E-state index contributed by atoms with van der Waals surface area (Å²) in [4.78, 5) is 21.3. The summed E-state index contributed by atoms with van der Waals surface area (Å²) in [5.74, 6) is -0.650. The van der Waals surface area contributed by atoms with Crippen molar-refractivity contribution in [3.8, 4) is 0 Å². The number of carbonyl (C=O) groups is 1. The average Bonchev–Trinajstić information content (AvgIpc) is 2.28. The molecule has 7 nitrogen and oxygen atoms in total. The summed E-state index contributed by atoms with van der Waals surface area (Å²) in [6, 6.07) is 3.72. The Hall–Kier alpha value is -2.15. The molecule has 1 amide bonds. The van der Waals surface area contributed by atoms with E-state index in [-0.39, 0.29) is 29.6 Å². The van der Waals surface area contributed by atoms with Crippen LogP contribution < -0.4 is 11.1 Å². The fourth-order valence-electron chi connectivity index (χ4n) is 1.50. The number of nitro benzene ring substituents is 1. The lowest BCUT2D eigenvalue weighted by Crippen LogP contribution is -2.18. The fraction of sp³-hybridized carbons (Fsp3) is 0.364. The zero-order valence-electron chi connectivity index (χ0n) is 9.92. The van der Waals surface area contributed by atoms with E-state index in [0.29, 0.717) is 6.42 Å². The van der Waals surface area contributed by atoms with Gasteiger partial charge in [-0.2, -0.15) is 0 Å². The van der Waals surface area contributed by atoms with Gasteiger partial charge in [0.1, 0.15) is 5.69 Å². The van der Waals surface area contributed by atoms with Crippen LogP contribution in [0.3, 0.4) is 0 Å². The highest BCUT2D eigenvalue weighted by Crippen LogP contribution is 2.26. The molecule has 7 heteroatoms. The number of aliphatic hydroxyl groups excluding tert-OH is 1. The summed E-state index contributed by atoms with van der Waals surface area (Å²) in [6.45, 7) is 1.74. The molecule has 0 bridgehead atoms. The third-order valence-electron chi connectivity index (χ3n) is 2.44. The van der Waals surface area contributed by atoms with E-state index >= 15 is 0 Å². The Labute approximate surface area is 104 Å². The topological polar surface area (TPSA) is 118 Å². The number of hydrogen-bond donors (Lipinski definition) is 3. The van der Waals surface area contributed by atoms with E-state index in [1.807, 2.05) is 0 Å². The smallest absolute Gasteiger partial charge is 0.292 e. The molecule has 0 spiro atoms. The number of nitrogens with one attached hydrogen (secondary N) is 1. The number of carbonyl (C=O) groups excluding carboxylic acids is 1. The van der Waals surface area contributed by atoms with E-state index in [2.05, 4.69) is 5.32 Å². The zero-order valence-corrected chi connectivity index (χ0v) is 9.92. The first-order valence-electron chi connectivity index (χ1n) is 5.41. The van der Waals surface area contributed by atoms with E-state index in [1.54, 1.807) is 6.92 Å². The number of hydrogen-bond acceptors (Lipinski definition) is 5. The molecule has 1 aromatic rings. The Bertz CT molecular complexity index is 462. The first kappa shape index (κ1) is 13.9. The molecule has 0 radical (unpaired) electrons. The molecule has 1 unspecified atom stereocenters. The second-order valence-corrected chi connectivity index (χ2v) is 3.91. The molecule has 0 aromatic heterocycles. The molecule has 98 valence electrons. The first-order chi connectivity index (χ1) is 8.45. The van der Waals surface area contributed by atoms with Crippen LogP contribution in [-0.2, 0) is 0 Å². The van der Waals surface area contributed by atoms with Gasteiger partial charge in [0, 0.05) is 24.3 Å².